The molecule has 2 rings (SSSR count). The third-order valence-corrected chi connectivity index (χ3v) is 3.27. The van der Waals surface area contributed by atoms with Crippen molar-refractivity contribution in [2.45, 2.75) is 6.92 Å². The van der Waals surface area contributed by atoms with Crippen LogP contribution in [0.1, 0.15) is 11.3 Å². The van der Waals surface area contributed by atoms with Crippen LogP contribution in [-0.2, 0) is 0 Å². The molecule has 0 atom stereocenters. The molecule has 22 heavy (non-hydrogen) atoms. The second-order valence-electron chi connectivity index (χ2n) is 4.64. The zero-order valence-corrected chi connectivity index (χ0v) is 12.9. The number of anilines is 1. The molecule has 0 aliphatic rings. The normalized spacial score (nSPS) is 11.2. The molecule has 0 saturated carbocycles. The number of benzene rings is 1. The van der Waals surface area contributed by atoms with Crippen molar-refractivity contribution in [3.8, 4) is 11.5 Å². The SMILES string of the molecule is COc1cc(N(N)/C(=C\N)c2ccccn2)cc(C)c1OC. The number of ether oxygens (including phenoxy) is 2. The summed E-state index contributed by atoms with van der Waals surface area (Å²) in [5.41, 5.74) is 8.63. The van der Waals surface area contributed by atoms with Crippen molar-refractivity contribution in [2.24, 2.45) is 11.6 Å². The third kappa shape index (κ3) is 2.96. The average molecular weight is 300 g/mol. The van der Waals surface area contributed by atoms with Crippen LogP contribution in [0.3, 0.4) is 0 Å². The molecule has 0 amide bonds. The number of methoxy groups -OCH3 is 2. The number of rotatable bonds is 5. The van der Waals surface area contributed by atoms with E-state index in [4.69, 9.17) is 21.1 Å². The summed E-state index contributed by atoms with van der Waals surface area (Å²) in [6, 6.07) is 9.23. The van der Waals surface area contributed by atoms with Gasteiger partial charge in [-0.05, 0) is 30.7 Å². The zero-order chi connectivity index (χ0) is 16.1. The standard InChI is InChI=1S/C16H20N4O2/c1-11-8-12(9-15(21-2)16(11)22-3)20(18)14(10-17)13-6-4-5-7-19-13/h4-10H,17-18H2,1-3H3/b14-10-. The Labute approximate surface area is 129 Å². The average Bonchev–Trinajstić information content (AvgIpc) is 2.55. The highest BCUT2D eigenvalue weighted by Crippen LogP contribution is 2.36. The number of hydrogen-bond donors (Lipinski definition) is 2. The van der Waals surface area contributed by atoms with E-state index in [1.165, 1.54) is 11.2 Å². The van der Waals surface area contributed by atoms with Gasteiger partial charge in [-0.15, -0.1) is 0 Å². The van der Waals surface area contributed by atoms with Gasteiger partial charge in [0.15, 0.2) is 11.5 Å². The first-order valence-electron chi connectivity index (χ1n) is 6.73. The van der Waals surface area contributed by atoms with Crippen LogP contribution < -0.4 is 26.1 Å². The fraction of sp³-hybridized carbons (Fsp3) is 0.188. The first-order valence-corrected chi connectivity index (χ1v) is 6.73. The monoisotopic (exact) mass is 300 g/mol. The van der Waals surface area contributed by atoms with Crippen molar-refractivity contribution in [2.75, 3.05) is 19.2 Å². The van der Waals surface area contributed by atoms with E-state index in [0.717, 1.165) is 11.3 Å². The van der Waals surface area contributed by atoms with E-state index >= 15 is 0 Å². The molecule has 0 bridgehead atoms. The molecule has 0 unspecified atom stereocenters. The predicted molar refractivity (Wildman–Crippen MR) is 87.4 cm³/mol. The van der Waals surface area contributed by atoms with Gasteiger partial charge >= 0.3 is 0 Å². The highest BCUT2D eigenvalue weighted by Gasteiger charge is 2.16. The molecule has 0 fully saturated rings. The highest BCUT2D eigenvalue weighted by molar-refractivity contribution is 5.77. The summed E-state index contributed by atoms with van der Waals surface area (Å²) in [7, 11) is 3.18. The first kappa shape index (κ1) is 15.7. The van der Waals surface area contributed by atoms with E-state index in [1.54, 1.807) is 26.5 Å². The Morgan fingerprint density at radius 3 is 2.55 bits per heavy atom. The summed E-state index contributed by atoms with van der Waals surface area (Å²) < 4.78 is 10.7. The smallest absolute Gasteiger partial charge is 0.163 e. The number of aromatic nitrogens is 1. The zero-order valence-electron chi connectivity index (χ0n) is 12.9. The molecular weight excluding hydrogens is 280 g/mol. The second-order valence-corrected chi connectivity index (χ2v) is 4.64. The molecule has 1 aromatic carbocycles. The highest BCUT2D eigenvalue weighted by atomic mass is 16.5. The van der Waals surface area contributed by atoms with Gasteiger partial charge in [-0.2, -0.15) is 0 Å². The minimum absolute atomic E-state index is 0.590. The Hall–Kier alpha value is -2.73. The van der Waals surface area contributed by atoms with Gasteiger partial charge in [-0.3, -0.25) is 9.99 Å². The van der Waals surface area contributed by atoms with Crippen LogP contribution in [0.15, 0.2) is 42.7 Å². The van der Waals surface area contributed by atoms with Crippen molar-refractivity contribution in [3.63, 3.8) is 0 Å². The molecule has 0 radical (unpaired) electrons. The van der Waals surface area contributed by atoms with Crippen molar-refractivity contribution >= 4 is 11.4 Å². The fourth-order valence-corrected chi connectivity index (χ4v) is 2.22. The van der Waals surface area contributed by atoms with Gasteiger partial charge in [0.25, 0.3) is 0 Å². The molecule has 116 valence electrons. The maximum Gasteiger partial charge on any atom is 0.163 e. The molecule has 0 aliphatic carbocycles. The van der Waals surface area contributed by atoms with E-state index < -0.39 is 0 Å². The lowest BCUT2D eigenvalue weighted by Crippen LogP contribution is -2.30. The molecule has 0 spiro atoms. The van der Waals surface area contributed by atoms with Crippen LogP contribution in [0.4, 0.5) is 5.69 Å². The van der Waals surface area contributed by atoms with Gasteiger partial charge in [-0.1, -0.05) is 6.07 Å². The Balaban J connectivity index is 2.45. The predicted octanol–water partition coefficient (Wildman–Crippen LogP) is 2.04. The largest absolute Gasteiger partial charge is 0.493 e. The summed E-state index contributed by atoms with van der Waals surface area (Å²) in [5, 5.41) is 1.47. The molecular formula is C16H20N4O2. The number of hydrogen-bond acceptors (Lipinski definition) is 6. The molecule has 4 N–H and O–H groups in total. The molecule has 6 nitrogen and oxygen atoms in total. The second kappa shape index (κ2) is 6.82. The van der Waals surface area contributed by atoms with E-state index in [9.17, 15) is 0 Å². The van der Waals surface area contributed by atoms with E-state index in [1.807, 2.05) is 31.2 Å². The van der Waals surface area contributed by atoms with Crippen LogP contribution in [0.25, 0.3) is 5.70 Å². The lowest BCUT2D eigenvalue weighted by Gasteiger charge is -2.23. The fourth-order valence-electron chi connectivity index (χ4n) is 2.22. The number of nitrogens with two attached hydrogens (primary N) is 2. The molecule has 0 aliphatic heterocycles. The molecule has 6 heteroatoms. The summed E-state index contributed by atoms with van der Waals surface area (Å²) >= 11 is 0. The van der Waals surface area contributed by atoms with Gasteiger partial charge in [-0.25, -0.2) is 5.84 Å². The number of pyridine rings is 1. The van der Waals surface area contributed by atoms with Crippen LogP contribution in [0, 0.1) is 6.92 Å². The van der Waals surface area contributed by atoms with Crippen LogP contribution in [-0.4, -0.2) is 19.2 Å². The summed E-state index contributed by atoms with van der Waals surface area (Å²) in [6.07, 6.45) is 3.11. The van der Waals surface area contributed by atoms with Crippen molar-refractivity contribution in [3.05, 3.63) is 54.0 Å². The summed E-state index contributed by atoms with van der Waals surface area (Å²) in [4.78, 5) is 4.27. The van der Waals surface area contributed by atoms with Crippen molar-refractivity contribution in [1.29, 1.82) is 0 Å². The summed E-state index contributed by atoms with van der Waals surface area (Å²) in [6.45, 7) is 1.92. The lowest BCUT2D eigenvalue weighted by molar-refractivity contribution is 0.353. The van der Waals surface area contributed by atoms with Gasteiger partial charge in [0.1, 0.15) is 0 Å². The minimum atomic E-state index is 0.590. The Morgan fingerprint density at radius 1 is 1.23 bits per heavy atom. The first-order chi connectivity index (χ1) is 10.6. The van der Waals surface area contributed by atoms with Crippen LogP contribution in [0.2, 0.25) is 0 Å². The maximum absolute atomic E-state index is 6.21. The van der Waals surface area contributed by atoms with Crippen LogP contribution >= 0.6 is 0 Å². The maximum atomic E-state index is 6.21. The molecule has 1 heterocycles. The number of nitrogens with zero attached hydrogens (tertiary/aromatic N) is 2. The number of hydrazine groups is 1. The van der Waals surface area contributed by atoms with Gasteiger partial charge < -0.3 is 15.2 Å². The molecule has 2 aromatic rings. The van der Waals surface area contributed by atoms with Crippen molar-refractivity contribution < 1.29 is 9.47 Å². The number of aryl methyl sites for hydroxylation is 1. The molecule has 0 saturated heterocycles. The quantitative estimate of drug-likeness (QED) is 0.649. The summed E-state index contributed by atoms with van der Waals surface area (Å²) in [5.74, 6) is 7.49. The topological polar surface area (TPSA) is 86.6 Å². The minimum Gasteiger partial charge on any atom is -0.493 e. The van der Waals surface area contributed by atoms with Crippen LogP contribution in [0.5, 0.6) is 11.5 Å². The van der Waals surface area contributed by atoms with E-state index in [-0.39, 0.29) is 0 Å². The van der Waals surface area contributed by atoms with E-state index in [2.05, 4.69) is 4.98 Å². The Kier molecular flexibility index (Phi) is 4.85. The van der Waals surface area contributed by atoms with Gasteiger partial charge in [0.2, 0.25) is 0 Å². The lowest BCUT2D eigenvalue weighted by atomic mass is 10.1. The third-order valence-electron chi connectivity index (χ3n) is 3.27. The Bertz CT molecular complexity index is 671. The molecule has 1 aromatic heterocycles. The van der Waals surface area contributed by atoms with Gasteiger partial charge in [0.05, 0.1) is 31.3 Å². The Morgan fingerprint density at radius 2 is 2.00 bits per heavy atom. The van der Waals surface area contributed by atoms with E-state index in [0.29, 0.717) is 22.9 Å². The van der Waals surface area contributed by atoms with Gasteiger partial charge in [0, 0.05) is 18.5 Å². The van der Waals surface area contributed by atoms with Crippen molar-refractivity contribution in [1.82, 2.24) is 4.98 Å².